The number of ether oxygens (including phenoxy) is 1. The Morgan fingerprint density at radius 1 is 1.33 bits per heavy atom. The average molecular weight is 193 g/mol. The van der Waals surface area contributed by atoms with E-state index in [0.29, 0.717) is 0 Å². The number of alkyl halides is 1. The molecule has 0 aliphatic carbocycles. The Morgan fingerprint density at radius 3 is 2.00 bits per heavy atom. The first-order valence-electron chi connectivity index (χ1n) is 4.10. The van der Waals surface area contributed by atoms with Crippen molar-refractivity contribution in [3.63, 3.8) is 0 Å². The van der Waals surface area contributed by atoms with Crippen molar-refractivity contribution in [3.8, 4) is 0 Å². The molecule has 0 radical (unpaired) electrons. The Bertz CT molecular complexity index is 158. The van der Waals surface area contributed by atoms with Gasteiger partial charge in [0, 0.05) is 5.92 Å². The molecule has 72 valence electrons. The van der Waals surface area contributed by atoms with Crippen LogP contribution in [0.25, 0.3) is 0 Å². The topological polar surface area (TPSA) is 26.3 Å². The summed E-state index contributed by atoms with van der Waals surface area (Å²) in [4.78, 5) is 11.3. The van der Waals surface area contributed by atoms with Crippen LogP contribution in [0.2, 0.25) is 0 Å². The lowest BCUT2D eigenvalue weighted by molar-refractivity contribution is -0.156. The molecule has 0 saturated carbocycles. The maximum atomic E-state index is 11.3. The lowest BCUT2D eigenvalue weighted by Crippen LogP contribution is -2.28. The van der Waals surface area contributed by atoms with Gasteiger partial charge in [0.25, 0.3) is 0 Å². The number of hydrogen-bond acceptors (Lipinski definition) is 2. The SMILES string of the molecule is CC(C)[C@@H](Cl)OC(=O)C(C)(C)C. The predicted octanol–water partition coefficient (Wildman–Crippen LogP) is 2.80. The largest absolute Gasteiger partial charge is 0.445 e. The zero-order valence-electron chi connectivity index (χ0n) is 8.35. The van der Waals surface area contributed by atoms with Crippen molar-refractivity contribution >= 4 is 17.6 Å². The molecule has 0 amide bonds. The van der Waals surface area contributed by atoms with E-state index in [2.05, 4.69) is 0 Å². The second-order valence-corrected chi connectivity index (χ2v) is 4.68. The monoisotopic (exact) mass is 192 g/mol. The number of rotatable bonds is 2. The highest BCUT2D eigenvalue weighted by molar-refractivity contribution is 6.20. The summed E-state index contributed by atoms with van der Waals surface area (Å²) in [5, 5.41) is 0. The minimum atomic E-state index is -0.517. The van der Waals surface area contributed by atoms with E-state index in [9.17, 15) is 4.79 Å². The quantitative estimate of drug-likeness (QED) is 0.497. The molecule has 0 aromatic rings. The molecule has 0 heterocycles. The molecular formula is C9H17ClO2. The van der Waals surface area contributed by atoms with E-state index in [-0.39, 0.29) is 11.9 Å². The van der Waals surface area contributed by atoms with Gasteiger partial charge in [-0.3, -0.25) is 4.79 Å². The van der Waals surface area contributed by atoms with Gasteiger partial charge in [0.15, 0.2) is 5.56 Å². The Morgan fingerprint density at radius 2 is 1.75 bits per heavy atom. The van der Waals surface area contributed by atoms with Crippen molar-refractivity contribution in [2.75, 3.05) is 0 Å². The number of carbonyl (C=O) groups excluding carboxylic acids is 1. The van der Waals surface area contributed by atoms with Gasteiger partial charge in [-0.15, -0.1) is 0 Å². The molecule has 0 bridgehead atoms. The zero-order valence-corrected chi connectivity index (χ0v) is 9.11. The maximum absolute atomic E-state index is 11.3. The first-order chi connectivity index (χ1) is 5.25. The van der Waals surface area contributed by atoms with Crippen LogP contribution in [-0.2, 0) is 9.53 Å². The maximum Gasteiger partial charge on any atom is 0.312 e. The number of hydrogen-bond donors (Lipinski definition) is 0. The highest BCUT2D eigenvalue weighted by atomic mass is 35.5. The van der Waals surface area contributed by atoms with Gasteiger partial charge in [-0.2, -0.15) is 0 Å². The van der Waals surface area contributed by atoms with E-state index in [0.717, 1.165) is 0 Å². The van der Waals surface area contributed by atoms with Crippen molar-refractivity contribution in [1.82, 2.24) is 0 Å². The lowest BCUT2D eigenvalue weighted by Gasteiger charge is -2.21. The first kappa shape index (κ1) is 11.8. The van der Waals surface area contributed by atoms with E-state index in [1.807, 2.05) is 13.8 Å². The molecule has 0 N–H and O–H groups in total. The van der Waals surface area contributed by atoms with Gasteiger partial charge in [0.1, 0.15) is 0 Å². The molecule has 0 spiro atoms. The Hall–Kier alpha value is -0.240. The number of halogens is 1. The lowest BCUT2D eigenvalue weighted by atomic mass is 9.97. The fourth-order valence-corrected chi connectivity index (χ4v) is 0.496. The van der Waals surface area contributed by atoms with Gasteiger partial charge in [-0.1, -0.05) is 25.4 Å². The second kappa shape index (κ2) is 4.13. The highest BCUT2D eigenvalue weighted by Gasteiger charge is 2.26. The summed E-state index contributed by atoms with van der Waals surface area (Å²) in [6.45, 7) is 9.24. The Balaban J connectivity index is 4.02. The van der Waals surface area contributed by atoms with Gasteiger partial charge in [-0.25, -0.2) is 0 Å². The fraction of sp³-hybridized carbons (Fsp3) is 0.889. The van der Waals surface area contributed by atoms with Crippen molar-refractivity contribution in [2.24, 2.45) is 11.3 Å². The van der Waals surface area contributed by atoms with Crippen molar-refractivity contribution in [3.05, 3.63) is 0 Å². The molecule has 0 aliphatic heterocycles. The van der Waals surface area contributed by atoms with Crippen LogP contribution in [0, 0.1) is 11.3 Å². The van der Waals surface area contributed by atoms with Crippen LogP contribution in [0.3, 0.4) is 0 Å². The predicted molar refractivity (Wildman–Crippen MR) is 50.0 cm³/mol. The van der Waals surface area contributed by atoms with Crippen LogP contribution in [0.4, 0.5) is 0 Å². The third-order valence-corrected chi connectivity index (χ3v) is 1.95. The van der Waals surface area contributed by atoms with Gasteiger partial charge in [0.2, 0.25) is 0 Å². The molecule has 12 heavy (non-hydrogen) atoms. The average Bonchev–Trinajstić information content (AvgIpc) is 1.85. The summed E-state index contributed by atoms with van der Waals surface area (Å²) >= 11 is 5.77. The summed E-state index contributed by atoms with van der Waals surface area (Å²) in [7, 11) is 0. The second-order valence-electron chi connectivity index (χ2n) is 4.25. The third kappa shape index (κ3) is 3.96. The van der Waals surface area contributed by atoms with Gasteiger partial charge in [0.05, 0.1) is 5.41 Å². The van der Waals surface area contributed by atoms with Crippen LogP contribution in [-0.4, -0.2) is 11.5 Å². The molecule has 1 atom stereocenters. The summed E-state index contributed by atoms with van der Waals surface area (Å²) < 4.78 is 5.00. The van der Waals surface area contributed by atoms with Crippen LogP contribution >= 0.6 is 11.6 Å². The van der Waals surface area contributed by atoms with Crippen LogP contribution in [0.5, 0.6) is 0 Å². The first-order valence-corrected chi connectivity index (χ1v) is 4.54. The summed E-state index contributed by atoms with van der Waals surface area (Å²) in [5.74, 6) is -0.103. The summed E-state index contributed by atoms with van der Waals surface area (Å²) in [6, 6.07) is 0. The number of carbonyl (C=O) groups is 1. The van der Waals surface area contributed by atoms with E-state index < -0.39 is 11.0 Å². The van der Waals surface area contributed by atoms with Crippen molar-refractivity contribution in [1.29, 1.82) is 0 Å². The van der Waals surface area contributed by atoms with E-state index in [4.69, 9.17) is 16.3 Å². The molecule has 0 fully saturated rings. The summed E-state index contributed by atoms with van der Waals surface area (Å²) in [5.41, 5.74) is -0.987. The number of esters is 1. The van der Waals surface area contributed by atoms with Crippen molar-refractivity contribution < 1.29 is 9.53 Å². The van der Waals surface area contributed by atoms with E-state index in [1.165, 1.54) is 0 Å². The molecule has 0 aromatic heterocycles. The minimum absolute atomic E-state index is 0.151. The van der Waals surface area contributed by atoms with Crippen molar-refractivity contribution in [2.45, 2.75) is 40.2 Å². The van der Waals surface area contributed by atoms with Crippen LogP contribution in [0.1, 0.15) is 34.6 Å². The zero-order chi connectivity index (χ0) is 9.94. The molecule has 2 nitrogen and oxygen atoms in total. The van der Waals surface area contributed by atoms with Crippen LogP contribution < -0.4 is 0 Å². The standard InChI is InChI=1S/C9H17ClO2/c1-6(2)7(10)12-8(11)9(3,4)5/h6-7H,1-5H3/t7-/m0/s1. The molecule has 0 unspecified atom stereocenters. The Kier molecular flexibility index (Phi) is 4.04. The fourth-order valence-electron chi connectivity index (χ4n) is 0.415. The molecule has 0 rings (SSSR count). The highest BCUT2D eigenvalue weighted by Crippen LogP contribution is 2.20. The minimum Gasteiger partial charge on any atom is -0.445 e. The van der Waals surface area contributed by atoms with E-state index in [1.54, 1.807) is 20.8 Å². The molecule has 0 aromatic carbocycles. The molecule has 3 heteroatoms. The smallest absolute Gasteiger partial charge is 0.312 e. The molecule has 0 aliphatic rings. The van der Waals surface area contributed by atoms with Gasteiger partial charge in [-0.05, 0) is 20.8 Å². The van der Waals surface area contributed by atoms with Gasteiger partial charge >= 0.3 is 5.97 Å². The van der Waals surface area contributed by atoms with Gasteiger partial charge < -0.3 is 4.74 Å². The Labute approximate surface area is 79.2 Å². The molecule has 0 saturated heterocycles. The third-order valence-electron chi connectivity index (χ3n) is 1.36. The summed E-state index contributed by atoms with van der Waals surface area (Å²) in [6.07, 6.45) is 0. The van der Waals surface area contributed by atoms with Crippen LogP contribution in [0.15, 0.2) is 0 Å². The van der Waals surface area contributed by atoms with E-state index >= 15 is 0 Å². The normalized spacial score (nSPS) is 14.6. The molecular weight excluding hydrogens is 176 g/mol.